The quantitative estimate of drug-likeness (QED) is 0.370. The van der Waals surface area contributed by atoms with Gasteiger partial charge in [0.2, 0.25) is 5.13 Å². The molecule has 0 saturated heterocycles. The number of amides is 1. The van der Waals surface area contributed by atoms with E-state index in [0.717, 1.165) is 20.7 Å². The average molecular weight is 416 g/mol. The summed E-state index contributed by atoms with van der Waals surface area (Å²) >= 11 is 4.74. The summed E-state index contributed by atoms with van der Waals surface area (Å²) < 4.78 is 0.880. The van der Waals surface area contributed by atoms with Gasteiger partial charge in [-0.1, -0.05) is 79.4 Å². The van der Waals surface area contributed by atoms with E-state index in [2.05, 4.69) is 41.5 Å². The summed E-state index contributed by atoms with van der Waals surface area (Å²) in [7, 11) is 0. The van der Waals surface area contributed by atoms with Crippen molar-refractivity contribution in [1.29, 1.82) is 0 Å². The van der Waals surface area contributed by atoms with Crippen LogP contribution in [0.15, 0.2) is 63.8 Å². The van der Waals surface area contributed by atoms with Crippen molar-refractivity contribution in [3.8, 4) is 0 Å². The maximum Gasteiger partial charge on any atom is 0.258 e. The third-order valence-corrected chi connectivity index (χ3v) is 7.08. The predicted molar refractivity (Wildman–Crippen MR) is 116 cm³/mol. The Labute approximate surface area is 172 Å². The van der Waals surface area contributed by atoms with Gasteiger partial charge in [0, 0.05) is 16.4 Å². The number of nitrogens with zero attached hydrogens (tertiary/aromatic N) is 2. The van der Waals surface area contributed by atoms with Crippen molar-refractivity contribution in [2.75, 3.05) is 11.1 Å². The molecule has 140 valence electrons. The maximum absolute atomic E-state index is 12.7. The molecule has 0 spiro atoms. The molecule has 4 nitrogen and oxygen atoms in total. The molecule has 3 rings (SSSR count). The minimum absolute atomic E-state index is 0.150. The zero-order chi connectivity index (χ0) is 19.1. The highest BCUT2D eigenvalue weighted by atomic mass is 32.2. The van der Waals surface area contributed by atoms with Gasteiger partial charge in [0.1, 0.15) is 0 Å². The molecule has 1 N–H and O–H groups in total. The molecule has 0 aliphatic heterocycles. The van der Waals surface area contributed by atoms with Crippen LogP contribution in [0.3, 0.4) is 0 Å². The van der Waals surface area contributed by atoms with Crippen LogP contribution in [0.4, 0.5) is 5.13 Å². The largest absolute Gasteiger partial charge is 0.296 e. The van der Waals surface area contributed by atoms with Gasteiger partial charge in [0.25, 0.3) is 5.91 Å². The van der Waals surface area contributed by atoms with E-state index < -0.39 is 0 Å². The third-order valence-electron chi connectivity index (χ3n) is 3.54. The zero-order valence-electron chi connectivity index (χ0n) is 15.2. The van der Waals surface area contributed by atoms with Crippen LogP contribution in [0, 0.1) is 5.92 Å². The standard InChI is InChI=1S/C20H21N3OS3/c1-14(2)12-26-20-23-22-19(27-20)21-18(24)16-10-6-7-11-17(16)25-13-15-8-4-3-5-9-15/h3-11,14H,12-13H2,1-2H3,(H,21,22,24). The number of aromatic nitrogens is 2. The fourth-order valence-electron chi connectivity index (χ4n) is 2.24. The Kier molecular flexibility index (Phi) is 7.32. The summed E-state index contributed by atoms with van der Waals surface area (Å²) in [5, 5.41) is 11.7. The number of benzene rings is 2. The lowest BCUT2D eigenvalue weighted by Gasteiger charge is -2.08. The molecule has 27 heavy (non-hydrogen) atoms. The van der Waals surface area contributed by atoms with Gasteiger partial charge in [-0.25, -0.2) is 0 Å². The van der Waals surface area contributed by atoms with Gasteiger partial charge >= 0.3 is 0 Å². The van der Waals surface area contributed by atoms with E-state index in [-0.39, 0.29) is 5.91 Å². The van der Waals surface area contributed by atoms with Crippen molar-refractivity contribution in [2.24, 2.45) is 5.92 Å². The van der Waals surface area contributed by atoms with Crippen molar-refractivity contribution in [1.82, 2.24) is 10.2 Å². The molecule has 3 aromatic rings. The monoisotopic (exact) mass is 415 g/mol. The van der Waals surface area contributed by atoms with Gasteiger partial charge in [-0.3, -0.25) is 10.1 Å². The minimum Gasteiger partial charge on any atom is -0.296 e. The van der Waals surface area contributed by atoms with Crippen molar-refractivity contribution in [3.05, 3.63) is 65.7 Å². The summed E-state index contributed by atoms with van der Waals surface area (Å²) in [4.78, 5) is 13.7. The zero-order valence-corrected chi connectivity index (χ0v) is 17.7. The molecule has 1 amide bonds. The normalized spacial score (nSPS) is 10.9. The van der Waals surface area contributed by atoms with Crippen LogP contribution in [0.25, 0.3) is 0 Å². The molecule has 0 aliphatic carbocycles. The Hall–Kier alpha value is -1.83. The van der Waals surface area contributed by atoms with Gasteiger partial charge < -0.3 is 0 Å². The van der Waals surface area contributed by atoms with Crippen molar-refractivity contribution in [3.63, 3.8) is 0 Å². The first-order chi connectivity index (χ1) is 13.1. The second-order valence-corrected chi connectivity index (χ2v) is 9.56. The Balaban J connectivity index is 1.64. The van der Waals surface area contributed by atoms with Crippen LogP contribution < -0.4 is 5.32 Å². The van der Waals surface area contributed by atoms with E-state index >= 15 is 0 Å². The summed E-state index contributed by atoms with van der Waals surface area (Å²) in [6.45, 7) is 4.33. The average Bonchev–Trinajstić information content (AvgIpc) is 3.13. The van der Waals surface area contributed by atoms with Gasteiger partial charge in [0.05, 0.1) is 5.56 Å². The first-order valence-electron chi connectivity index (χ1n) is 8.65. The number of carbonyl (C=O) groups is 1. The van der Waals surface area contributed by atoms with Crippen LogP contribution >= 0.6 is 34.9 Å². The Morgan fingerprint density at radius 2 is 1.78 bits per heavy atom. The van der Waals surface area contributed by atoms with Gasteiger partial charge in [-0.2, -0.15) is 0 Å². The van der Waals surface area contributed by atoms with E-state index in [4.69, 9.17) is 0 Å². The second kappa shape index (κ2) is 9.92. The molecule has 0 aliphatic rings. The number of nitrogens with one attached hydrogen (secondary N) is 1. The van der Waals surface area contributed by atoms with Crippen molar-refractivity contribution in [2.45, 2.75) is 28.8 Å². The highest BCUT2D eigenvalue weighted by molar-refractivity contribution is 8.01. The van der Waals surface area contributed by atoms with Gasteiger partial charge in [-0.05, 0) is 23.6 Å². The smallest absolute Gasteiger partial charge is 0.258 e. The lowest BCUT2D eigenvalue weighted by atomic mass is 10.2. The number of hydrogen-bond donors (Lipinski definition) is 1. The Morgan fingerprint density at radius 3 is 2.56 bits per heavy atom. The maximum atomic E-state index is 12.7. The highest BCUT2D eigenvalue weighted by Crippen LogP contribution is 2.29. The van der Waals surface area contributed by atoms with Gasteiger partial charge in [-0.15, -0.1) is 22.0 Å². The Bertz CT molecular complexity index is 881. The molecule has 0 unspecified atom stereocenters. The first-order valence-corrected chi connectivity index (χ1v) is 11.4. The molecule has 1 aromatic heterocycles. The summed E-state index contributed by atoms with van der Waals surface area (Å²) in [5.41, 5.74) is 1.89. The highest BCUT2D eigenvalue weighted by Gasteiger charge is 2.14. The van der Waals surface area contributed by atoms with Crippen LogP contribution in [0.5, 0.6) is 0 Å². The fourth-order valence-corrected chi connectivity index (χ4v) is 4.97. The first kappa shape index (κ1) is 19.9. The van der Waals surface area contributed by atoms with Gasteiger partial charge in [0.15, 0.2) is 4.34 Å². The third kappa shape index (κ3) is 6.09. The topological polar surface area (TPSA) is 54.9 Å². The molecular weight excluding hydrogens is 394 g/mol. The molecule has 0 fully saturated rings. The van der Waals surface area contributed by atoms with E-state index in [1.54, 1.807) is 23.5 Å². The second-order valence-electron chi connectivity index (χ2n) is 6.30. The van der Waals surface area contributed by atoms with E-state index in [9.17, 15) is 4.79 Å². The molecule has 0 saturated carbocycles. The van der Waals surface area contributed by atoms with Crippen LogP contribution in [-0.4, -0.2) is 21.9 Å². The van der Waals surface area contributed by atoms with E-state index in [0.29, 0.717) is 16.6 Å². The molecule has 0 bridgehead atoms. The number of rotatable bonds is 8. The lowest BCUT2D eigenvalue weighted by molar-refractivity contribution is 0.102. The molecule has 7 heteroatoms. The molecule has 2 aromatic carbocycles. The Morgan fingerprint density at radius 1 is 1.04 bits per heavy atom. The summed E-state index contributed by atoms with van der Waals surface area (Å²) in [6.07, 6.45) is 0. The SMILES string of the molecule is CC(C)CSc1nnc(NC(=O)c2ccccc2SCc2ccccc2)s1. The predicted octanol–water partition coefficient (Wildman–Crippen LogP) is 5.83. The van der Waals surface area contributed by atoms with Crippen LogP contribution in [0.1, 0.15) is 29.8 Å². The number of anilines is 1. The number of carbonyl (C=O) groups excluding carboxylic acids is 1. The van der Waals surface area contributed by atoms with Crippen LogP contribution in [-0.2, 0) is 5.75 Å². The minimum atomic E-state index is -0.150. The molecular formula is C20H21N3OS3. The molecule has 0 atom stereocenters. The number of thioether (sulfide) groups is 2. The summed E-state index contributed by atoms with van der Waals surface area (Å²) in [6, 6.07) is 17.9. The fraction of sp³-hybridized carbons (Fsp3) is 0.250. The summed E-state index contributed by atoms with van der Waals surface area (Å²) in [5.74, 6) is 2.25. The van der Waals surface area contributed by atoms with Crippen molar-refractivity contribution >= 4 is 45.9 Å². The molecule has 1 heterocycles. The number of hydrogen-bond acceptors (Lipinski definition) is 6. The van der Waals surface area contributed by atoms with Crippen molar-refractivity contribution < 1.29 is 4.79 Å². The van der Waals surface area contributed by atoms with E-state index in [1.165, 1.54) is 16.9 Å². The molecule has 0 radical (unpaired) electrons. The lowest BCUT2D eigenvalue weighted by Crippen LogP contribution is -2.12. The van der Waals surface area contributed by atoms with Crippen LogP contribution in [0.2, 0.25) is 0 Å². The van der Waals surface area contributed by atoms with E-state index in [1.807, 2.05) is 42.5 Å².